The van der Waals surface area contributed by atoms with Gasteiger partial charge in [0.25, 0.3) is 0 Å². The highest BCUT2D eigenvalue weighted by Crippen LogP contribution is 2.28. The number of methoxy groups -OCH3 is 1. The molecule has 0 radical (unpaired) electrons. The second kappa shape index (κ2) is 8.69. The first-order valence-corrected chi connectivity index (χ1v) is 9.60. The van der Waals surface area contributed by atoms with Crippen molar-refractivity contribution in [3.63, 3.8) is 0 Å². The summed E-state index contributed by atoms with van der Waals surface area (Å²) in [5.74, 6) is 0.379. The highest BCUT2D eigenvalue weighted by Gasteiger charge is 2.48. The van der Waals surface area contributed by atoms with Crippen LogP contribution in [0.3, 0.4) is 0 Å². The van der Waals surface area contributed by atoms with Crippen molar-refractivity contribution in [2.45, 2.75) is 24.0 Å². The zero-order valence-corrected chi connectivity index (χ0v) is 15.6. The molecule has 24 heavy (non-hydrogen) atoms. The van der Waals surface area contributed by atoms with Gasteiger partial charge in [-0.1, -0.05) is 12.1 Å². The maximum atomic E-state index is 12.5. The summed E-state index contributed by atoms with van der Waals surface area (Å²) in [5, 5.41) is 5.90. The van der Waals surface area contributed by atoms with Crippen molar-refractivity contribution in [1.82, 2.24) is 10.6 Å². The number of sulfone groups is 1. The normalized spacial score (nSPS) is 16.8. The van der Waals surface area contributed by atoms with Gasteiger partial charge in [0, 0.05) is 12.8 Å². The predicted molar refractivity (Wildman–Crippen MR) is 96.6 cm³/mol. The van der Waals surface area contributed by atoms with Crippen LogP contribution in [0.2, 0.25) is 0 Å². The Bertz CT molecular complexity index is 658. The van der Waals surface area contributed by atoms with Crippen LogP contribution in [0.25, 0.3) is 0 Å². The van der Waals surface area contributed by atoms with Crippen LogP contribution in [0.5, 0.6) is 5.75 Å². The Kier molecular flexibility index (Phi) is 7.51. The fourth-order valence-corrected chi connectivity index (χ4v) is 4.26. The third-order valence-corrected chi connectivity index (χ3v) is 6.38. The molecule has 8 heteroatoms. The van der Waals surface area contributed by atoms with E-state index in [1.54, 1.807) is 7.11 Å². The van der Waals surface area contributed by atoms with Crippen LogP contribution in [-0.4, -0.2) is 52.1 Å². The molecule has 136 valence electrons. The third kappa shape index (κ3) is 4.62. The van der Waals surface area contributed by atoms with Crippen LogP contribution in [0.1, 0.15) is 18.4 Å². The zero-order chi connectivity index (χ0) is 16.9. The van der Waals surface area contributed by atoms with Crippen molar-refractivity contribution in [1.29, 1.82) is 0 Å². The number of hydrogen-bond acceptors (Lipinski definition) is 5. The van der Waals surface area contributed by atoms with Crippen molar-refractivity contribution in [3.8, 4) is 5.75 Å². The minimum absolute atomic E-state index is 0. The third-order valence-electron chi connectivity index (χ3n) is 4.37. The lowest BCUT2D eigenvalue weighted by molar-refractivity contribution is -0.124. The van der Waals surface area contributed by atoms with Gasteiger partial charge >= 0.3 is 0 Å². The number of nitrogens with one attached hydrogen (secondary N) is 2. The summed E-state index contributed by atoms with van der Waals surface area (Å²) in [4.78, 5) is 12.5. The molecule has 2 N–H and O–H groups in total. The van der Waals surface area contributed by atoms with E-state index in [0.29, 0.717) is 38.9 Å². The van der Waals surface area contributed by atoms with Crippen LogP contribution in [0.15, 0.2) is 24.3 Å². The fraction of sp³-hybridized carbons (Fsp3) is 0.562. The summed E-state index contributed by atoms with van der Waals surface area (Å²) in [6, 6.07) is 7.60. The highest BCUT2D eigenvalue weighted by molar-refractivity contribution is 7.92. The average Bonchev–Trinajstić information content (AvgIpc) is 2.54. The molecule has 0 atom stereocenters. The summed E-state index contributed by atoms with van der Waals surface area (Å²) in [6.07, 6.45) is 2.41. The van der Waals surface area contributed by atoms with E-state index >= 15 is 0 Å². The molecule has 0 aliphatic carbocycles. The Labute approximate surface area is 149 Å². The first-order chi connectivity index (χ1) is 10.9. The predicted octanol–water partition coefficient (Wildman–Crippen LogP) is 0.942. The first-order valence-electron chi connectivity index (χ1n) is 7.70. The molecule has 1 saturated heterocycles. The van der Waals surface area contributed by atoms with Crippen molar-refractivity contribution >= 4 is 28.2 Å². The molecule has 1 fully saturated rings. The summed E-state index contributed by atoms with van der Waals surface area (Å²) < 4.78 is 28.2. The second-order valence-electron chi connectivity index (χ2n) is 5.87. The Morgan fingerprint density at radius 2 is 2.00 bits per heavy atom. The molecular formula is C16H25ClN2O4S. The fourth-order valence-electron chi connectivity index (χ4n) is 2.91. The van der Waals surface area contributed by atoms with Crippen molar-refractivity contribution in [3.05, 3.63) is 29.8 Å². The van der Waals surface area contributed by atoms with Gasteiger partial charge in [0.05, 0.1) is 7.11 Å². The van der Waals surface area contributed by atoms with Gasteiger partial charge in [0.1, 0.15) is 5.75 Å². The molecule has 0 aromatic heterocycles. The molecule has 0 spiro atoms. The molecule has 1 aromatic carbocycles. The van der Waals surface area contributed by atoms with Gasteiger partial charge in [0.2, 0.25) is 5.91 Å². The lowest BCUT2D eigenvalue weighted by atomic mass is 9.95. The molecule has 0 unspecified atom stereocenters. The zero-order valence-electron chi connectivity index (χ0n) is 14.0. The molecule has 1 aliphatic heterocycles. The topological polar surface area (TPSA) is 84.5 Å². The molecule has 1 aliphatic rings. The van der Waals surface area contributed by atoms with Gasteiger partial charge in [-0.05, 0) is 50.0 Å². The Hall–Kier alpha value is -1.31. The number of halogens is 1. The number of carbonyl (C=O) groups is 1. The molecule has 1 aromatic rings. The maximum absolute atomic E-state index is 12.5. The number of ether oxygens (including phenoxy) is 1. The highest BCUT2D eigenvalue weighted by atomic mass is 35.5. The van der Waals surface area contributed by atoms with E-state index in [0.717, 1.165) is 17.6 Å². The van der Waals surface area contributed by atoms with Gasteiger partial charge in [-0.25, -0.2) is 8.42 Å². The van der Waals surface area contributed by atoms with Gasteiger partial charge in [-0.15, -0.1) is 12.4 Å². The van der Waals surface area contributed by atoms with Crippen LogP contribution in [0.4, 0.5) is 0 Å². The number of hydrogen-bond donors (Lipinski definition) is 2. The first kappa shape index (κ1) is 20.7. The lowest BCUT2D eigenvalue weighted by Crippen LogP contribution is -2.57. The van der Waals surface area contributed by atoms with Crippen LogP contribution in [-0.2, 0) is 21.1 Å². The van der Waals surface area contributed by atoms with E-state index in [1.807, 2.05) is 24.3 Å². The molecule has 1 amide bonds. The van der Waals surface area contributed by atoms with Gasteiger partial charge in [-0.2, -0.15) is 0 Å². The van der Waals surface area contributed by atoms with E-state index in [4.69, 9.17) is 4.74 Å². The van der Waals surface area contributed by atoms with E-state index in [9.17, 15) is 13.2 Å². The number of carbonyl (C=O) groups excluding carboxylic acids is 1. The Morgan fingerprint density at radius 3 is 2.58 bits per heavy atom. The summed E-state index contributed by atoms with van der Waals surface area (Å²) >= 11 is 0. The Morgan fingerprint density at radius 1 is 1.33 bits per heavy atom. The summed E-state index contributed by atoms with van der Waals surface area (Å²) in [5.41, 5.74) is 1.03. The monoisotopic (exact) mass is 376 g/mol. The van der Waals surface area contributed by atoms with E-state index in [1.165, 1.54) is 0 Å². The van der Waals surface area contributed by atoms with Crippen molar-refractivity contribution in [2.75, 3.05) is 33.0 Å². The van der Waals surface area contributed by atoms with Crippen LogP contribution in [0, 0.1) is 0 Å². The summed E-state index contributed by atoms with van der Waals surface area (Å²) in [7, 11) is -1.86. The summed E-state index contributed by atoms with van der Waals surface area (Å²) in [6.45, 7) is 1.48. The van der Waals surface area contributed by atoms with Crippen molar-refractivity contribution < 1.29 is 17.9 Å². The molecule has 0 saturated carbocycles. The average molecular weight is 377 g/mol. The Balaban J connectivity index is 0.00000288. The van der Waals surface area contributed by atoms with Gasteiger partial charge < -0.3 is 15.4 Å². The smallest absolute Gasteiger partial charge is 0.241 e. The van der Waals surface area contributed by atoms with Crippen molar-refractivity contribution in [2.24, 2.45) is 0 Å². The molecule has 2 rings (SSSR count). The van der Waals surface area contributed by atoms with Crippen LogP contribution < -0.4 is 15.4 Å². The minimum Gasteiger partial charge on any atom is -0.497 e. The number of amides is 1. The number of benzene rings is 1. The minimum atomic E-state index is -3.46. The SMILES string of the molecule is COc1cccc(CCNC(=O)C2(S(C)(=O)=O)CCNCC2)c1.Cl. The standard InChI is InChI=1S/C16H24N2O4S.ClH/c1-22-14-5-3-4-13(12-14)6-9-18-15(19)16(23(2,20)21)7-10-17-11-8-16;/h3-5,12,17H,6-11H2,1-2H3,(H,18,19);1H. The van der Waals surface area contributed by atoms with Gasteiger partial charge in [0.15, 0.2) is 14.6 Å². The molecular weight excluding hydrogens is 352 g/mol. The van der Waals surface area contributed by atoms with Crippen LogP contribution >= 0.6 is 12.4 Å². The van der Waals surface area contributed by atoms with E-state index in [2.05, 4.69) is 10.6 Å². The maximum Gasteiger partial charge on any atom is 0.241 e. The molecule has 1 heterocycles. The number of piperidine rings is 1. The van der Waals surface area contributed by atoms with E-state index < -0.39 is 14.6 Å². The van der Waals surface area contributed by atoms with Gasteiger partial charge in [-0.3, -0.25) is 4.79 Å². The molecule has 0 bridgehead atoms. The lowest BCUT2D eigenvalue weighted by Gasteiger charge is -2.34. The van der Waals surface area contributed by atoms with E-state index in [-0.39, 0.29) is 18.3 Å². The number of rotatable bonds is 6. The second-order valence-corrected chi connectivity index (χ2v) is 8.20. The molecule has 6 nitrogen and oxygen atoms in total. The largest absolute Gasteiger partial charge is 0.497 e. The quantitative estimate of drug-likeness (QED) is 0.772.